The minimum absolute atomic E-state index is 0. The Bertz CT molecular complexity index is 753. The van der Waals surface area contributed by atoms with Crippen molar-refractivity contribution in [3.05, 3.63) is 102 Å². The predicted octanol–water partition coefficient (Wildman–Crippen LogP) is 9.70. The molecule has 1 nitrogen and oxygen atoms in total. The van der Waals surface area contributed by atoms with Gasteiger partial charge in [-0.1, -0.05) is 120 Å². The van der Waals surface area contributed by atoms with E-state index in [0.29, 0.717) is 5.75 Å². The lowest BCUT2D eigenvalue weighted by molar-refractivity contribution is -0.0504. The van der Waals surface area contributed by atoms with Crippen LogP contribution in [0.4, 0.5) is 8.78 Å². The Hall–Kier alpha value is -2.33. The van der Waals surface area contributed by atoms with E-state index in [1.54, 1.807) is 18.2 Å². The van der Waals surface area contributed by atoms with Crippen molar-refractivity contribution in [2.45, 2.75) is 66.7 Å². The van der Waals surface area contributed by atoms with Gasteiger partial charge in [-0.05, 0) is 41.9 Å². The molecule has 0 atom stereocenters. The first-order valence-corrected chi connectivity index (χ1v) is 12.1. The Kier molecular flexibility index (Phi) is 21.4. The molecule has 3 aromatic rings. The summed E-state index contributed by atoms with van der Waals surface area (Å²) in [6, 6.07) is 28.0. The summed E-state index contributed by atoms with van der Waals surface area (Å²) >= 11 is 1.85. The van der Waals surface area contributed by atoms with Gasteiger partial charge in [0.25, 0.3) is 0 Å². The van der Waals surface area contributed by atoms with Gasteiger partial charge in [0, 0.05) is 5.75 Å². The standard InChI is InChI=1S/C10H12F2O.C9H12.C8H10S.2CH4/c1-2-5-8-6-3-4-7-9(8)13-10(11)12;1-2-6-9-7-4-3-5-8-9;1-9-7-8-5-3-2-4-6-8;;/h3-4,6-7,10H,2,5H2,1H3;3-5,7-8H,2,6H2,1H3;2-6H,7H2,1H3;2*1H4. The number of ether oxygens (including phenoxy) is 1. The largest absolute Gasteiger partial charge is 0.435 e. The third kappa shape index (κ3) is 16.0. The highest BCUT2D eigenvalue weighted by molar-refractivity contribution is 7.97. The highest BCUT2D eigenvalue weighted by atomic mass is 32.2. The molecule has 0 heterocycles. The number of rotatable bonds is 8. The molecule has 184 valence electrons. The fraction of sp³-hybridized carbons (Fsp3) is 0.379. The molecular weight excluding hydrogens is 434 g/mol. The molecule has 0 aliphatic carbocycles. The second-order valence-electron chi connectivity index (χ2n) is 6.89. The van der Waals surface area contributed by atoms with Crippen molar-refractivity contribution in [2.75, 3.05) is 6.26 Å². The van der Waals surface area contributed by atoms with Gasteiger partial charge >= 0.3 is 6.61 Å². The number of benzene rings is 3. The first-order valence-electron chi connectivity index (χ1n) is 10.7. The van der Waals surface area contributed by atoms with Crippen molar-refractivity contribution < 1.29 is 13.5 Å². The van der Waals surface area contributed by atoms with Gasteiger partial charge in [0.2, 0.25) is 0 Å². The Morgan fingerprint density at radius 3 is 1.67 bits per heavy atom. The van der Waals surface area contributed by atoms with Gasteiger partial charge in [-0.2, -0.15) is 20.5 Å². The quantitative estimate of drug-likeness (QED) is 0.320. The molecule has 0 aromatic heterocycles. The molecule has 4 heteroatoms. The van der Waals surface area contributed by atoms with Crippen LogP contribution >= 0.6 is 11.8 Å². The van der Waals surface area contributed by atoms with Crippen molar-refractivity contribution in [3.63, 3.8) is 0 Å². The summed E-state index contributed by atoms with van der Waals surface area (Å²) in [7, 11) is 0. The number of hydrogen-bond acceptors (Lipinski definition) is 2. The second-order valence-corrected chi connectivity index (χ2v) is 7.76. The van der Waals surface area contributed by atoms with Crippen LogP contribution in [-0.4, -0.2) is 12.9 Å². The average molecular weight is 477 g/mol. The van der Waals surface area contributed by atoms with Gasteiger partial charge in [0.1, 0.15) is 5.75 Å². The molecule has 0 unspecified atom stereocenters. The molecule has 0 saturated heterocycles. The van der Waals surface area contributed by atoms with Gasteiger partial charge in [-0.15, -0.1) is 0 Å². The summed E-state index contributed by atoms with van der Waals surface area (Å²) in [5.41, 5.74) is 3.69. The highest BCUT2D eigenvalue weighted by Crippen LogP contribution is 2.21. The van der Waals surface area contributed by atoms with E-state index < -0.39 is 6.61 Å². The zero-order valence-electron chi connectivity index (χ0n) is 18.8. The lowest BCUT2D eigenvalue weighted by atomic mass is 10.1. The second kappa shape index (κ2) is 21.5. The van der Waals surface area contributed by atoms with E-state index in [1.807, 2.05) is 30.8 Å². The SMILES string of the molecule is C.C.CCCc1ccccc1.CCCc1ccccc1OC(F)F.CSCc1ccccc1. The Labute approximate surface area is 205 Å². The van der Waals surface area contributed by atoms with Crippen LogP contribution in [0.25, 0.3) is 0 Å². The number of aryl methyl sites for hydroxylation is 2. The molecular formula is C29H42F2OS. The van der Waals surface area contributed by atoms with E-state index in [4.69, 9.17) is 0 Å². The molecule has 0 N–H and O–H groups in total. The van der Waals surface area contributed by atoms with Gasteiger partial charge in [0.15, 0.2) is 0 Å². The summed E-state index contributed by atoms with van der Waals surface area (Å²) in [6.45, 7) is 1.46. The number of thioether (sulfide) groups is 1. The van der Waals surface area contributed by atoms with Gasteiger partial charge < -0.3 is 4.74 Å². The summed E-state index contributed by atoms with van der Waals surface area (Å²) < 4.78 is 28.2. The first kappa shape index (κ1) is 32.8. The van der Waals surface area contributed by atoms with E-state index in [1.165, 1.54) is 24.0 Å². The third-order valence-electron chi connectivity index (χ3n) is 4.24. The summed E-state index contributed by atoms with van der Waals surface area (Å²) in [5, 5.41) is 0. The smallest absolute Gasteiger partial charge is 0.387 e. The zero-order chi connectivity index (χ0) is 22.7. The van der Waals surface area contributed by atoms with Crippen LogP contribution in [-0.2, 0) is 18.6 Å². The summed E-state index contributed by atoms with van der Waals surface area (Å²) in [5.74, 6) is 1.42. The molecule has 33 heavy (non-hydrogen) atoms. The van der Waals surface area contributed by atoms with Crippen LogP contribution in [0.5, 0.6) is 5.75 Å². The molecule has 0 bridgehead atoms. The molecule has 0 aliphatic rings. The van der Waals surface area contributed by atoms with Crippen LogP contribution in [0.2, 0.25) is 0 Å². The Balaban J connectivity index is 0. The normalized spacial score (nSPS) is 9.27. The minimum atomic E-state index is -2.74. The fourth-order valence-corrected chi connectivity index (χ4v) is 3.39. The van der Waals surface area contributed by atoms with Crippen LogP contribution < -0.4 is 4.74 Å². The zero-order valence-corrected chi connectivity index (χ0v) is 19.6. The van der Waals surface area contributed by atoms with Crippen molar-refractivity contribution in [3.8, 4) is 5.75 Å². The monoisotopic (exact) mass is 476 g/mol. The summed E-state index contributed by atoms with van der Waals surface area (Å²) in [4.78, 5) is 0. The van der Waals surface area contributed by atoms with Crippen LogP contribution in [0.15, 0.2) is 84.9 Å². The minimum Gasteiger partial charge on any atom is -0.435 e. The van der Waals surface area contributed by atoms with Crippen LogP contribution in [0.3, 0.4) is 0 Å². The Morgan fingerprint density at radius 2 is 1.18 bits per heavy atom. The van der Waals surface area contributed by atoms with Crippen molar-refractivity contribution in [1.82, 2.24) is 0 Å². The third-order valence-corrected chi connectivity index (χ3v) is 4.87. The van der Waals surface area contributed by atoms with E-state index in [9.17, 15) is 8.78 Å². The molecule has 0 radical (unpaired) electrons. The fourth-order valence-electron chi connectivity index (χ4n) is 2.86. The van der Waals surface area contributed by atoms with Crippen LogP contribution in [0, 0.1) is 0 Å². The summed E-state index contributed by atoms with van der Waals surface area (Å²) in [6.07, 6.45) is 6.25. The van der Waals surface area contributed by atoms with Gasteiger partial charge in [-0.3, -0.25) is 0 Å². The molecule has 0 aliphatic heterocycles. The van der Waals surface area contributed by atoms with E-state index >= 15 is 0 Å². The average Bonchev–Trinajstić information content (AvgIpc) is 2.78. The van der Waals surface area contributed by atoms with Crippen LogP contribution in [0.1, 0.15) is 58.2 Å². The maximum Gasteiger partial charge on any atom is 0.387 e. The lowest BCUT2D eigenvalue weighted by Gasteiger charge is -2.08. The molecule has 0 fully saturated rings. The Morgan fingerprint density at radius 1 is 0.697 bits per heavy atom. The lowest BCUT2D eigenvalue weighted by Crippen LogP contribution is -2.04. The molecule has 0 amide bonds. The predicted molar refractivity (Wildman–Crippen MR) is 145 cm³/mol. The highest BCUT2D eigenvalue weighted by Gasteiger charge is 2.07. The van der Waals surface area contributed by atoms with E-state index in [2.05, 4.69) is 72.5 Å². The maximum atomic E-state index is 11.9. The molecule has 3 aromatic carbocycles. The van der Waals surface area contributed by atoms with Crippen molar-refractivity contribution in [1.29, 1.82) is 0 Å². The topological polar surface area (TPSA) is 9.23 Å². The molecule has 0 saturated carbocycles. The number of halogens is 2. The van der Waals surface area contributed by atoms with E-state index in [-0.39, 0.29) is 14.9 Å². The van der Waals surface area contributed by atoms with Crippen molar-refractivity contribution in [2.24, 2.45) is 0 Å². The van der Waals surface area contributed by atoms with Gasteiger partial charge in [0.05, 0.1) is 0 Å². The first-order chi connectivity index (χ1) is 15.1. The van der Waals surface area contributed by atoms with Gasteiger partial charge in [-0.25, -0.2) is 0 Å². The van der Waals surface area contributed by atoms with Crippen molar-refractivity contribution >= 4 is 11.8 Å². The molecule has 3 rings (SSSR count). The number of hydrogen-bond donors (Lipinski definition) is 0. The maximum absolute atomic E-state index is 11.9. The number of para-hydroxylation sites is 1. The molecule has 0 spiro atoms. The number of alkyl halides is 2. The van der Waals surface area contributed by atoms with E-state index in [0.717, 1.165) is 24.2 Å².